The Hall–Kier alpha value is -1.62. The fourth-order valence-corrected chi connectivity index (χ4v) is 1.12. The Kier molecular flexibility index (Phi) is 4.07. The van der Waals surface area contributed by atoms with Gasteiger partial charge in [-0.1, -0.05) is 0 Å². The first kappa shape index (κ1) is 13.4. The van der Waals surface area contributed by atoms with Gasteiger partial charge in [0.2, 0.25) is 0 Å². The van der Waals surface area contributed by atoms with Gasteiger partial charge in [0, 0.05) is 24.0 Å². The molecule has 5 nitrogen and oxygen atoms in total. The van der Waals surface area contributed by atoms with Crippen LogP contribution in [0.2, 0.25) is 0 Å². The molecule has 0 aliphatic carbocycles. The zero-order valence-electron chi connectivity index (χ0n) is 10.8. The van der Waals surface area contributed by atoms with Crippen molar-refractivity contribution in [2.24, 2.45) is 0 Å². The number of amides is 1. The minimum atomic E-state index is -0.202. The van der Waals surface area contributed by atoms with Crippen LogP contribution in [-0.2, 0) is 0 Å². The maximum Gasteiger partial charge on any atom is 0.270 e. The molecule has 0 bridgehead atoms. The van der Waals surface area contributed by atoms with Crippen LogP contribution in [0.4, 0.5) is 5.69 Å². The molecule has 0 aliphatic rings. The SMILES string of the molecule is CN(C)C(C)(C)CNC(=O)c1cc(N)ccn1. The average Bonchev–Trinajstić information content (AvgIpc) is 2.25. The standard InChI is InChI=1S/C12H20N4O/c1-12(2,16(3)4)8-15-11(17)10-7-9(13)5-6-14-10/h5-7H,8H2,1-4H3,(H2,13,14)(H,15,17). The summed E-state index contributed by atoms with van der Waals surface area (Å²) in [4.78, 5) is 17.9. The second-order valence-electron chi connectivity index (χ2n) is 4.86. The Morgan fingerprint density at radius 3 is 2.71 bits per heavy atom. The Bertz CT molecular complexity index is 401. The number of nitrogen functional groups attached to an aromatic ring is 1. The highest BCUT2D eigenvalue weighted by atomic mass is 16.1. The first-order valence-electron chi connectivity index (χ1n) is 5.50. The molecule has 0 saturated carbocycles. The predicted molar refractivity (Wildman–Crippen MR) is 68.7 cm³/mol. The number of likely N-dealkylation sites (N-methyl/N-ethyl adjacent to an activating group) is 1. The average molecular weight is 236 g/mol. The van der Waals surface area contributed by atoms with Crippen molar-refractivity contribution in [2.45, 2.75) is 19.4 Å². The van der Waals surface area contributed by atoms with Gasteiger partial charge in [-0.05, 0) is 40.1 Å². The maximum atomic E-state index is 11.8. The van der Waals surface area contributed by atoms with Crippen LogP contribution in [0.3, 0.4) is 0 Å². The molecule has 94 valence electrons. The molecule has 17 heavy (non-hydrogen) atoms. The summed E-state index contributed by atoms with van der Waals surface area (Å²) >= 11 is 0. The third-order valence-electron chi connectivity index (χ3n) is 2.91. The number of carbonyl (C=O) groups excluding carboxylic acids is 1. The minimum Gasteiger partial charge on any atom is -0.399 e. The van der Waals surface area contributed by atoms with E-state index in [-0.39, 0.29) is 11.4 Å². The molecule has 5 heteroatoms. The van der Waals surface area contributed by atoms with E-state index in [1.165, 1.54) is 6.20 Å². The Morgan fingerprint density at radius 1 is 1.53 bits per heavy atom. The van der Waals surface area contributed by atoms with E-state index in [0.717, 1.165) is 0 Å². The lowest BCUT2D eigenvalue weighted by Gasteiger charge is -2.32. The smallest absolute Gasteiger partial charge is 0.270 e. The predicted octanol–water partition coefficient (Wildman–Crippen LogP) is 0.734. The van der Waals surface area contributed by atoms with Crippen molar-refractivity contribution < 1.29 is 4.79 Å². The van der Waals surface area contributed by atoms with Crippen LogP contribution in [0.25, 0.3) is 0 Å². The van der Waals surface area contributed by atoms with Crippen LogP contribution in [0.15, 0.2) is 18.3 Å². The maximum absolute atomic E-state index is 11.8. The summed E-state index contributed by atoms with van der Waals surface area (Å²) in [6.07, 6.45) is 1.53. The summed E-state index contributed by atoms with van der Waals surface area (Å²) in [7, 11) is 3.95. The van der Waals surface area contributed by atoms with E-state index in [1.54, 1.807) is 12.1 Å². The molecule has 3 N–H and O–H groups in total. The molecule has 0 radical (unpaired) electrons. The molecule has 1 amide bonds. The second kappa shape index (κ2) is 5.14. The fraction of sp³-hybridized carbons (Fsp3) is 0.500. The van der Waals surface area contributed by atoms with E-state index < -0.39 is 0 Å². The van der Waals surface area contributed by atoms with E-state index in [0.29, 0.717) is 17.9 Å². The number of nitrogens with one attached hydrogen (secondary N) is 1. The highest BCUT2D eigenvalue weighted by Crippen LogP contribution is 2.08. The lowest BCUT2D eigenvalue weighted by Crippen LogP contribution is -2.48. The van der Waals surface area contributed by atoms with Crippen molar-refractivity contribution in [3.05, 3.63) is 24.0 Å². The van der Waals surface area contributed by atoms with Crippen molar-refractivity contribution in [1.82, 2.24) is 15.2 Å². The van der Waals surface area contributed by atoms with E-state index in [2.05, 4.69) is 29.0 Å². The van der Waals surface area contributed by atoms with Crippen LogP contribution < -0.4 is 11.1 Å². The first-order valence-corrected chi connectivity index (χ1v) is 5.50. The van der Waals surface area contributed by atoms with Gasteiger partial charge in [0.1, 0.15) is 5.69 Å². The van der Waals surface area contributed by atoms with E-state index in [4.69, 9.17) is 5.73 Å². The number of aromatic nitrogens is 1. The summed E-state index contributed by atoms with van der Waals surface area (Å²) in [6, 6.07) is 3.22. The summed E-state index contributed by atoms with van der Waals surface area (Å²) in [5, 5.41) is 2.85. The van der Waals surface area contributed by atoms with Crippen molar-refractivity contribution in [1.29, 1.82) is 0 Å². The largest absolute Gasteiger partial charge is 0.399 e. The summed E-state index contributed by atoms with van der Waals surface area (Å²) in [6.45, 7) is 4.66. The van der Waals surface area contributed by atoms with Crippen LogP contribution >= 0.6 is 0 Å². The summed E-state index contributed by atoms with van der Waals surface area (Å²) in [5.74, 6) is -0.202. The molecular formula is C12H20N4O. The van der Waals surface area contributed by atoms with Gasteiger partial charge < -0.3 is 16.0 Å². The van der Waals surface area contributed by atoms with Gasteiger partial charge in [0.25, 0.3) is 5.91 Å². The number of anilines is 1. The Morgan fingerprint density at radius 2 is 2.18 bits per heavy atom. The van der Waals surface area contributed by atoms with Gasteiger partial charge in [-0.25, -0.2) is 0 Å². The van der Waals surface area contributed by atoms with Crippen LogP contribution in [-0.4, -0.2) is 42.0 Å². The molecule has 1 heterocycles. The first-order chi connectivity index (χ1) is 7.83. The van der Waals surface area contributed by atoms with E-state index in [9.17, 15) is 4.79 Å². The topological polar surface area (TPSA) is 71.2 Å². The normalized spacial score (nSPS) is 11.6. The van der Waals surface area contributed by atoms with Gasteiger partial charge in [-0.2, -0.15) is 0 Å². The Labute approximate surface area is 102 Å². The molecule has 0 spiro atoms. The van der Waals surface area contributed by atoms with Crippen molar-refractivity contribution in [3.8, 4) is 0 Å². The fourth-order valence-electron chi connectivity index (χ4n) is 1.12. The minimum absolute atomic E-state index is 0.101. The molecule has 0 aliphatic heterocycles. The van der Waals surface area contributed by atoms with E-state index >= 15 is 0 Å². The molecule has 0 unspecified atom stereocenters. The highest BCUT2D eigenvalue weighted by molar-refractivity contribution is 5.93. The van der Waals surface area contributed by atoms with E-state index in [1.807, 2.05) is 14.1 Å². The molecule has 0 saturated heterocycles. The Balaban J connectivity index is 2.62. The number of nitrogens with two attached hydrogens (primary N) is 1. The van der Waals surface area contributed by atoms with Gasteiger partial charge in [0.05, 0.1) is 0 Å². The lowest BCUT2D eigenvalue weighted by molar-refractivity contribution is 0.0915. The summed E-state index contributed by atoms with van der Waals surface area (Å²) in [5.41, 5.74) is 6.38. The molecule has 1 aromatic heterocycles. The number of hydrogen-bond donors (Lipinski definition) is 2. The zero-order chi connectivity index (χ0) is 13.1. The van der Waals surface area contributed by atoms with Crippen molar-refractivity contribution in [2.75, 3.05) is 26.4 Å². The molecule has 0 fully saturated rings. The van der Waals surface area contributed by atoms with Gasteiger partial charge in [-0.3, -0.25) is 9.78 Å². The monoisotopic (exact) mass is 236 g/mol. The number of carbonyl (C=O) groups is 1. The third-order valence-corrected chi connectivity index (χ3v) is 2.91. The zero-order valence-corrected chi connectivity index (χ0v) is 10.8. The number of pyridine rings is 1. The van der Waals surface area contributed by atoms with Gasteiger partial charge in [-0.15, -0.1) is 0 Å². The van der Waals surface area contributed by atoms with Crippen molar-refractivity contribution in [3.63, 3.8) is 0 Å². The van der Waals surface area contributed by atoms with Crippen LogP contribution in [0.1, 0.15) is 24.3 Å². The van der Waals surface area contributed by atoms with Gasteiger partial charge >= 0.3 is 0 Å². The molecule has 1 aromatic rings. The lowest BCUT2D eigenvalue weighted by atomic mass is 10.0. The van der Waals surface area contributed by atoms with Crippen LogP contribution in [0.5, 0.6) is 0 Å². The number of hydrogen-bond acceptors (Lipinski definition) is 4. The molecule has 1 rings (SSSR count). The van der Waals surface area contributed by atoms with Gasteiger partial charge in [0.15, 0.2) is 0 Å². The quantitative estimate of drug-likeness (QED) is 0.808. The summed E-state index contributed by atoms with van der Waals surface area (Å²) < 4.78 is 0. The van der Waals surface area contributed by atoms with Crippen LogP contribution in [0, 0.1) is 0 Å². The molecule has 0 atom stereocenters. The van der Waals surface area contributed by atoms with Crippen molar-refractivity contribution >= 4 is 11.6 Å². The molecular weight excluding hydrogens is 216 g/mol. The third kappa shape index (κ3) is 3.71. The highest BCUT2D eigenvalue weighted by Gasteiger charge is 2.21. The number of rotatable bonds is 4. The number of nitrogens with zero attached hydrogens (tertiary/aromatic N) is 2. The second-order valence-corrected chi connectivity index (χ2v) is 4.86. The molecule has 0 aromatic carbocycles.